The molecule has 1 heterocycles. The third-order valence-corrected chi connectivity index (χ3v) is 3.92. The van der Waals surface area contributed by atoms with Gasteiger partial charge in [-0.15, -0.1) is 0 Å². The Kier molecular flexibility index (Phi) is 4.48. The Morgan fingerprint density at radius 2 is 2.39 bits per heavy atom. The second kappa shape index (κ2) is 5.91. The Morgan fingerprint density at radius 3 is 3.11 bits per heavy atom. The monoisotopic (exact) mass is 333 g/mol. The van der Waals surface area contributed by atoms with E-state index in [9.17, 15) is 9.90 Å². The smallest absolute Gasteiger partial charge is 0.255 e. The third-order valence-electron chi connectivity index (χ3n) is 2.85. The van der Waals surface area contributed by atoms with Crippen molar-refractivity contribution in [1.29, 1.82) is 0 Å². The van der Waals surface area contributed by atoms with E-state index in [0.717, 1.165) is 0 Å². The lowest BCUT2D eigenvalue weighted by molar-refractivity contribution is 0.00524. The van der Waals surface area contributed by atoms with Crippen molar-refractivity contribution in [1.82, 2.24) is 4.90 Å². The fraction of sp³-hybridized carbons (Fsp3) is 0.417. The van der Waals surface area contributed by atoms with Gasteiger partial charge in [0.25, 0.3) is 5.91 Å². The van der Waals surface area contributed by atoms with Crippen LogP contribution in [0.15, 0.2) is 18.2 Å². The number of amides is 1. The molecule has 4 nitrogen and oxygen atoms in total. The first kappa shape index (κ1) is 13.6. The number of phenols is 1. The van der Waals surface area contributed by atoms with Crippen LogP contribution in [0.1, 0.15) is 10.4 Å². The summed E-state index contributed by atoms with van der Waals surface area (Å²) >= 11 is 9.37. The Bertz CT molecular complexity index is 455. The van der Waals surface area contributed by atoms with Gasteiger partial charge in [-0.05, 0) is 18.2 Å². The molecule has 0 radical (unpaired) electrons. The summed E-state index contributed by atoms with van der Waals surface area (Å²) < 4.78 is 5.34. The molecule has 1 unspecified atom stereocenters. The van der Waals surface area contributed by atoms with Gasteiger partial charge in [0, 0.05) is 11.9 Å². The number of halogens is 2. The van der Waals surface area contributed by atoms with Crippen molar-refractivity contribution < 1.29 is 14.6 Å². The molecule has 1 fully saturated rings. The van der Waals surface area contributed by atoms with Crippen LogP contribution in [0.3, 0.4) is 0 Å². The Morgan fingerprint density at radius 1 is 1.61 bits per heavy atom. The minimum Gasteiger partial charge on any atom is -0.508 e. The molecule has 98 valence electrons. The summed E-state index contributed by atoms with van der Waals surface area (Å²) in [5, 5.41) is 10.4. The highest BCUT2D eigenvalue weighted by molar-refractivity contribution is 9.09. The van der Waals surface area contributed by atoms with Crippen molar-refractivity contribution in [3.63, 3.8) is 0 Å². The van der Waals surface area contributed by atoms with Crippen LogP contribution in [0.2, 0.25) is 5.02 Å². The minimum absolute atomic E-state index is 0.00957. The van der Waals surface area contributed by atoms with Gasteiger partial charge in [0.05, 0.1) is 29.8 Å². The maximum absolute atomic E-state index is 12.4. The lowest BCUT2D eigenvalue weighted by atomic mass is 10.1. The molecule has 0 aliphatic carbocycles. The standard InChI is InChI=1S/C12H13BrClNO3/c13-6-8-7-18-4-3-15(8)12(17)10-5-9(16)1-2-11(10)14/h1-2,5,8,16H,3-4,6-7H2. The molecular weight excluding hydrogens is 321 g/mol. The minimum atomic E-state index is -0.177. The summed E-state index contributed by atoms with van der Waals surface area (Å²) in [5.41, 5.74) is 0.324. The van der Waals surface area contributed by atoms with E-state index in [0.29, 0.717) is 35.7 Å². The summed E-state index contributed by atoms with van der Waals surface area (Å²) in [5.74, 6) is -0.143. The Labute approximate surface area is 119 Å². The molecule has 1 amide bonds. The van der Waals surface area contributed by atoms with Crippen LogP contribution in [0.25, 0.3) is 0 Å². The summed E-state index contributed by atoms with van der Waals surface area (Å²) in [4.78, 5) is 14.1. The fourth-order valence-corrected chi connectivity index (χ4v) is 2.62. The molecule has 0 spiro atoms. The van der Waals surface area contributed by atoms with E-state index in [2.05, 4.69) is 15.9 Å². The number of aromatic hydroxyl groups is 1. The molecule has 18 heavy (non-hydrogen) atoms. The number of ether oxygens (including phenoxy) is 1. The molecule has 1 atom stereocenters. The number of morpholine rings is 1. The molecule has 1 aromatic carbocycles. The van der Waals surface area contributed by atoms with E-state index in [4.69, 9.17) is 16.3 Å². The van der Waals surface area contributed by atoms with E-state index in [1.807, 2.05) is 0 Å². The van der Waals surface area contributed by atoms with Gasteiger partial charge in [-0.1, -0.05) is 27.5 Å². The van der Waals surface area contributed by atoms with Crippen LogP contribution < -0.4 is 0 Å². The highest BCUT2D eigenvalue weighted by atomic mass is 79.9. The van der Waals surface area contributed by atoms with Crippen molar-refractivity contribution >= 4 is 33.4 Å². The molecule has 6 heteroatoms. The van der Waals surface area contributed by atoms with Crippen LogP contribution in [0, 0.1) is 0 Å². The number of nitrogens with zero attached hydrogens (tertiary/aromatic N) is 1. The number of hydrogen-bond acceptors (Lipinski definition) is 3. The number of phenolic OH excluding ortho intramolecular Hbond substituents is 1. The van der Waals surface area contributed by atoms with Crippen LogP contribution in [0.5, 0.6) is 5.75 Å². The maximum atomic E-state index is 12.4. The predicted molar refractivity (Wildman–Crippen MR) is 72.6 cm³/mol. The van der Waals surface area contributed by atoms with E-state index < -0.39 is 0 Å². The predicted octanol–water partition coefficient (Wildman–Crippen LogP) is 2.28. The van der Waals surface area contributed by atoms with E-state index >= 15 is 0 Å². The van der Waals surface area contributed by atoms with Crippen molar-refractivity contribution in [3.8, 4) is 5.75 Å². The molecular formula is C12H13BrClNO3. The second-order valence-electron chi connectivity index (χ2n) is 4.05. The quantitative estimate of drug-likeness (QED) is 0.844. The van der Waals surface area contributed by atoms with Crippen molar-refractivity contribution in [3.05, 3.63) is 28.8 Å². The van der Waals surface area contributed by atoms with Crippen molar-refractivity contribution in [2.45, 2.75) is 6.04 Å². The number of rotatable bonds is 2. The fourth-order valence-electron chi connectivity index (χ4n) is 1.88. The Balaban J connectivity index is 2.26. The number of alkyl halides is 1. The molecule has 2 rings (SSSR count). The second-order valence-corrected chi connectivity index (χ2v) is 5.10. The topological polar surface area (TPSA) is 49.8 Å². The first-order valence-electron chi connectivity index (χ1n) is 5.56. The number of hydrogen-bond donors (Lipinski definition) is 1. The van der Waals surface area contributed by atoms with Gasteiger partial charge in [0.1, 0.15) is 5.75 Å². The van der Waals surface area contributed by atoms with Crippen LogP contribution >= 0.6 is 27.5 Å². The SMILES string of the molecule is O=C(c1cc(O)ccc1Cl)N1CCOCC1CBr. The van der Waals surface area contributed by atoms with E-state index in [1.165, 1.54) is 18.2 Å². The molecule has 0 bridgehead atoms. The molecule has 0 saturated carbocycles. The lowest BCUT2D eigenvalue weighted by Gasteiger charge is -2.34. The molecule has 1 aliphatic rings. The average Bonchev–Trinajstić information content (AvgIpc) is 2.40. The van der Waals surface area contributed by atoms with Gasteiger partial charge in [-0.2, -0.15) is 0 Å². The number of carbonyl (C=O) groups excluding carboxylic acids is 1. The van der Waals surface area contributed by atoms with Crippen LogP contribution in [-0.2, 0) is 4.74 Å². The largest absolute Gasteiger partial charge is 0.508 e. The Hall–Kier alpha value is -0.780. The maximum Gasteiger partial charge on any atom is 0.255 e. The average molecular weight is 335 g/mol. The molecule has 1 aliphatic heterocycles. The van der Waals surface area contributed by atoms with Crippen molar-refractivity contribution in [2.75, 3.05) is 25.1 Å². The van der Waals surface area contributed by atoms with Gasteiger partial charge in [0.15, 0.2) is 0 Å². The van der Waals surface area contributed by atoms with E-state index in [-0.39, 0.29) is 17.7 Å². The van der Waals surface area contributed by atoms with Gasteiger partial charge in [-0.3, -0.25) is 4.79 Å². The van der Waals surface area contributed by atoms with Gasteiger partial charge < -0.3 is 14.7 Å². The van der Waals surface area contributed by atoms with Gasteiger partial charge in [-0.25, -0.2) is 0 Å². The van der Waals surface area contributed by atoms with Crippen LogP contribution in [0.4, 0.5) is 0 Å². The highest BCUT2D eigenvalue weighted by Gasteiger charge is 2.28. The number of benzene rings is 1. The first-order chi connectivity index (χ1) is 8.63. The summed E-state index contributed by atoms with van der Waals surface area (Å²) in [6.07, 6.45) is 0. The molecule has 1 aromatic rings. The van der Waals surface area contributed by atoms with Gasteiger partial charge >= 0.3 is 0 Å². The van der Waals surface area contributed by atoms with Gasteiger partial charge in [0.2, 0.25) is 0 Å². The van der Waals surface area contributed by atoms with Crippen molar-refractivity contribution in [2.24, 2.45) is 0 Å². The zero-order valence-corrected chi connectivity index (χ0v) is 11.9. The molecule has 1 N–H and O–H groups in total. The zero-order chi connectivity index (χ0) is 13.1. The van der Waals surface area contributed by atoms with E-state index in [1.54, 1.807) is 4.90 Å². The summed E-state index contributed by atoms with van der Waals surface area (Å²) in [6, 6.07) is 4.36. The first-order valence-corrected chi connectivity index (χ1v) is 7.06. The summed E-state index contributed by atoms with van der Waals surface area (Å²) in [6.45, 7) is 1.56. The normalized spacial score (nSPS) is 19.9. The van der Waals surface area contributed by atoms with Crippen LogP contribution in [-0.4, -0.2) is 47.0 Å². The third kappa shape index (κ3) is 2.79. The molecule has 1 saturated heterocycles. The molecule has 0 aromatic heterocycles. The summed E-state index contributed by atoms with van der Waals surface area (Å²) in [7, 11) is 0. The zero-order valence-electron chi connectivity index (χ0n) is 9.60. The highest BCUT2D eigenvalue weighted by Crippen LogP contribution is 2.24. The number of carbonyl (C=O) groups is 1. The lowest BCUT2D eigenvalue weighted by Crippen LogP contribution is -2.49.